The van der Waals surface area contributed by atoms with Gasteiger partial charge in [0.1, 0.15) is 0 Å². The molecule has 0 aliphatic carbocycles. The maximum Gasteiger partial charge on any atom is 0.241 e. The molecule has 1 N–H and O–H groups in total. The summed E-state index contributed by atoms with van der Waals surface area (Å²) in [6, 6.07) is 13.6. The minimum Gasteiger partial charge on any atom is -0.375 e. The van der Waals surface area contributed by atoms with Crippen LogP contribution in [0.5, 0.6) is 0 Å². The number of hydrogen-bond acceptors (Lipinski definition) is 4. The van der Waals surface area contributed by atoms with Crippen LogP contribution in [0, 0.1) is 0 Å². The summed E-state index contributed by atoms with van der Waals surface area (Å²) >= 11 is 0. The number of amides is 1. The lowest BCUT2D eigenvalue weighted by Gasteiger charge is -2.20. The van der Waals surface area contributed by atoms with Gasteiger partial charge in [-0.05, 0) is 50.1 Å². The van der Waals surface area contributed by atoms with Gasteiger partial charge in [-0.2, -0.15) is 0 Å². The van der Waals surface area contributed by atoms with Gasteiger partial charge in [0.15, 0.2) is 0 Å². The summed E-state index contributed by atoms with van der Waals surface area (Å²) in [4.78, 5) is 14.3. The van der Waals surface area contributed by atoms with E-state index in [0.29, 0.717) is 18.8 Å². The third-order valence-corrected chi connectivity index (χ3v) is 6.19. The summed E-state index contributed by atoms with van der Waals surface area (Å²) in [5.74, 6) is -0.0606. The smallest absolute Gasteiger partial charge is 0.241 e. The molecule has 0 bridgehead atoms. The molecule has 0 saturated heterocycles. The maximum atomic E-state index is 13.0. The molecule has 1 amide bonds. The Balaban J connectivity index is 2.28. The molecule has 2 rings (SSSR count). The molecule has 0 spiro atoms. The Morgan fingerprint density at radius 1 is 0.962 bits per heavy atom. The predicted molar refractivity (Wildman–Crippen MR) is 104 cm³/mol. The second-order valence-corrected chi connectivity index (χ2v) is 7.83. The van der Waals surface area contributed by atoms with E-state index in [0.717, 1.165) is 12.0 Å². The summed E-state index contributed by atoms with van der Waals surface area (Å²) < 4.78 is 26.0. The minimum atomic E-state index is -3.66. The summed E-state index contributed by atoms with van der Waals surface area (Å²) in [6.45, 7) is 7.17. The van der Waals surface area contributed by atoms with E-state index in [2.05, 4.69) is 5.32 Å². The van der Waals surface area contributed by atoms with Crippen LogP contribution in [0.15, 0.2) is 58.3 Å². The van der Waals surface area contributed by atoms with E-state index in [1.807, 2.05) is 32.9 Å². The summed E-state index contributed by atoms with van der Waals surface area (Å²) in [7, 11) is -3.66. The summed E-state index contributed by atoms with van der Waals surface area (Å²) in [5, 5.41) is 2.99. The molecular formula is C20H26N2O3S. The molecule has 0 unspecified atom stereocenters. The molecule has 5 nitrogen and oxygen atoms in total. The molecule has 0 aromatic heterocycles. The van der Waals surface area contributed by atoms with Crippen molar-refractivity contribution in [2.24, 2.45) is 0 Å². The first-order valence-electron chi connectivity index (χ1n) is 8.88. The molecule has 2 aromatic rings. The fraction of sp³-hybridized carbons (Fsp3) is 0.350. The van der Waals surface area contributed by atoms with Crippen LogP contribution >= 0.6 is 0 Å². The second-order valence-electron chi connectivity index (χ2n) is 5.92. The highest BCUT2D eigenvalue weighted by Crippen LogP contribution is 2.27. The van der Waals surface area contributed by atoms with Crippen LogP contribution < -0.4 is 5.32 Å². The van der Waals surface area contributed by atoms with E-state index in [1.54, 1.807) is 41.3 Å². The molecule has 26 heavy (non-hydrogen) atoms. The highest BCUT2D eigenvalue weighted by Gasteiger charge is 2.21. The van der Waals surface area contributed by atoms with Crippen LogP contribution in [-0.2, 0) is 21.1 Å². The van der Waals surface area contributed by atoms with Gasteiger partial charge in [0.05, 0.1) is 22.0 Å². The number of nitrogens with zero attached hydrogens (tertiary/aromatic N) is 1. The van der Waals surface area contributed by atoms with Crippen molar-refractivity contribution >= 4 is 21.4 Å². The molecule has 0 heterocycles. The number of anilines is 1. The second kappa shape index (κ2) is 8.85. The molecule has 0 radical (unpaired) electrons. The van der Waals surface area contributed by atoms with Gasteiger partial charge in [0.2, 0.25) is 15.7 Å². The number of likely N-dealkylation sites (N-methyl/N-ethyl adjacent to an activating group) is 1. The van der Waals surface area contributed by atoms with E-state index in [4.69, 9.17) is 0 Å². The third kappa shape index (κ3) is 4.43. The number of sulfone groups is 1. The van der Waals surface area contributed by atoms with Gasteiger partial charge in [0.25, 0.3) is 0 Å². The van der Waals surface area contributed by atoms with Crippen LogP contribution in [0.3, 0.4) is 0 Å². The SMILES string of the molecule is CCc1ccc(S(=O)(=O)c2ccccc2NCC(=O)N(CC)CC)cc1. The Morgan fingerprint density at radius 2 is 1.58 bits per heavy atom. The van der Waals surface area contributed by atoms with Gasteiger partial charge in [0, 0.05) is 13.1 Å². The van der Waals surface area contributed by atoms with Crippen LogP contribution in [0.2, 0.25) is 0 Å². The first-order valence-corrected chi connectivity index (χ1v) is 10.4. The van der Waals surface area contributed by atoms with Crippen molar-refractivity contribution in [1.82, 2.24) is 4.90 Å². The van der Waals surface area contributed by atoms with Crippen LogP contribution in [0.1, 0.15) is 26.3 Å². The van der Waals surface area contributed by atoms with E-state index in [-0.39, 0.29) is 22.2 Å². The number of rotatable bonds is 8. The molecule has 0 fully saturated rings. The van der Waals surface area contributed by atoms with Crippen molar-refractivity contribution in [1.29, 1.82) is 0 Å². The molecule has 0 aliphatic heterocycles. The highest BCUT2D eigenvalue weighted by atomic mass is 32.2. The number of benzene rings is 2. The van der Waals surface area contributed by atoms with Crippen LogP contribution in [-0.4, -0.2) is 38.9 Å². The maximum absolute atomic E-state index is 13.0. The van der Waals surface area contributed by atoms with Gasteiger partial charge >= 0.3 is 0 Å². The van der Waals surface area contributed by atoms with Gasteiger partial charge in [-0.25, -0.2) is 8.42 Å². The number of nitrogens with one attached hydrogen (secondary N) is 1. The molecule has 2 aromatic carbocycles. The van der Waals surface area contributed by atoms with E-state index in [1.165, 1.54) is 0 Å². The molecule has 0 aliphatic rings. The Kier molecular flexibility index (Phi) is 6.80. The Labute approximate surface area is 156 Å². The van der Waals surface area contributed by atoms with Crippen molar-refractivity contribution in [3.8, 4) is 0 Å². The normalized spacial score (nSPS) is 11.2. The lowest BCUT2D eigenvalue weighted by atomic mass is 10.2. The van der Waals surface area contributed by atoms with Crippen LogP contribution in [0.4, 0.5) is 5.69 Å². The largest absolute Gasteiger partial charge is 0.375 e. The number of hydrogen-bond donors (Lipinski definition) is 1. The molecule has 0 saturated carbocycles. The molecular weight excluding hydrogens is 348 g/mol. The quantitative estimate of drug-likeness (QED) is 0.769. The number of para-hydroxylation sites is 1. The van der Waals surface area contributed by atoms with Crippen molar-refractivity contribution in [2.75, 3.05) is 25.0 Å². The van der Waals surface area contributed by atoms with Gasteiger partial charge in [-0.1, -0.05) is 31.2 Å². The lowest BCUT2D eigenvalue weighted by Crippen LogP contribution is -2.35. The van der Waals surface area contributed by atoms with Gasteiger partial charge in [-0.15, -0.1) is 0 Å². The summed E-state index contributed by atoms with van der Waals surface area (Å²) in [6.07, 6.45) is 0.853. The lowest BCUT2D eigenvalue weighted by molar-refractivity contribution is -0.128. The van der Waals surface area contributed by atoms with Crippen LogP contribution in [0.25, 0.3) is 0 Å². The number of carbonyl (C=O) groups is 1. The first kappa shape index (κ1) is 20.0. The van der Waals surface area contributed by atoms with Crippen molar-refractivity contribution in [3.63, 3.8) is 0 Å². The topological polar surface area (TPSA) is 66.5 Å². The van der Waals surface area contributed by atoms with E-state index >= 15 is 0 Å². The van der Waals surface area contributed by atoms with Crippen molar-refractivity contribution in [3.05, 3.63) is 54.1 Å². The summed E-state index contributed by atoms with van der Waals surface area (Å²) in [5.41, 5.74) is 1.52. The minimum absolute atomic E-state index is 0.0585. The zero-order chi connectivity index (χ0) is 19.2. The van der Waals surface area contributed by atoms with Crippen molar-refractivity contribution in [2.45, 2.75) is 37.0 Å². The zero-order valence-electron chi connectivity index (χ0n) is 15.5. The van der Waals surface area contributed by atoms with Gasteiger partial charge in [-0.3, -0.25) is 4.79 Å². The monoisotopic (exact) mass is 374 g/mol. The van der Waals surface area contributed by atoms with E-state index in [9.17, 15) is 13.2 Å². The van der Waals surface area contributed by atoms with E-state index < -0.39 is 9.84 Å². The Hall–Kier alpha value is -2.34. The highest BCUT2D eigenvalue weighted by molar-refractivity contribution is 7.91. The average molecular weight is 375 g/mol. The number of carbonyl (C=O) groups excluding carboxylic acids is 1. The fourth-order valence-corrected chi connectivity index (χ4v) is 4.17. The first-order chi connectivity index (χ1) is 12.4. The van der Waals surface area contributed by atoms with Gasteiger partial charge < -0.3 is 10.2 Å². The average Bonchev–Trinajstić information content (AvgIpc) is 2.67. The molecule has 6 heteroatoms. The zero-order valence-corrected chi connectivity index (χ0v) is 16.3. The molecule has 140 valence electrons. The fourth-order valence-electron chi connectivity index (χ4n) is 2.74. The molecule has 0 atom stereocenters. The van der Waals surface area contributed by atoms with Crippen molar-refractivity contribution < 1.29 is 13.2 Å². The standard InChI is InChI=1S/C20H26N2O3S/c1-4-16-11-13-17(14-12-16)26(24,25)19-10-8-7-9-18(19)21-15-20(23)22(5-2)6-3/h7-14,21H,4-6,15H2,1-3H3. The Bertz CT molecular complexity index is 842. The number of aryl methyl sites for hydroxylation is 1. The predicted octanol–water partition coefficient (Wildman–Crippen LogP) is 3.36. The third-order valence-electron chi connectivity index (χ3n) is 4.36. The Morgan fingerprint density at radius 3 is 2.15 bits per heavy atom.